The van der Waals surface area contributed by atoms with Gasteiger partial charge in [-0.1, -0.05) is 40.7 Å². The van der Waals surface area contributed by atoms with Gasteiger partial charge in [0.15, 0.2) is 0 Å². The Kier molecular flexibility index (Phi) is 2.60. The smallest absolute Gasteiger partial charge is 0.0677 e. The van der Waals surface area contributed by atoms with Gasteiger partial charge in [-0.2, -0.15) is 0 Å². The van der Waals surface area contributed by atoms with Gasteiger partial charge in [0, 0.05) is 25.9 Å². The first-order valence-electron chi connectivity index (χ1n) is 5.22. The van der Waals surface area contributed by atoms with E-state index in [2.05, 4.69) is 73.3 Å². The minimum Gasteiger partial charge on any atom is -0.315 e. The van der Waals surface area contributed by atoms with Crippen molar-refractivity contribution >= 4 is 59.9 Å². The van der Waals surface area contributed by atoms with Crippen LogP contribution >= 0.6 is 31.9 Å². The molecule has 2 aromatic carbocycles. The van der Waals surface area contributed by atoms with Crippen LogP contribution in [-0.4, -0.2) is 4.57 Å². The fourth-order valence-corrected chi connectivity index (χ4v) is 3.65. The number of fused-ring (bicyclic) bond motifs is 3. The van der Waals surface area contributed by atoms with E-state index < -0.39 is 0 Å². The summed E-state index contributed by atoms with van der Waals surface area (Å²) in [4.78, 5) is 0. The van der Waals surface area contributed by atoms with Crippen molar-refractivity contribution in [2.75, 3.05) is 0 Å². The van der Waals surface area contributed by atoms with Crippen molar-refractivity contribution in [1.82, 2.24) is 4.57 Å². The molecule has 0 aliphatic heterocycles. The summed E-state index contributed by atoms with van der Waals surface area (Å²) < 4.78 is 4.25. The van der Waals surface area contributed by atoms with Crippen LogP contribution in [0.4, 0.5) is 0 Å². The number of para-hydroxylation sites is 1. The van der Waals surface area contributed by atoms with Crippen LogP contribution in [0.15, 0.2) is 51.9 Å². The first kappa shape index (κ1) is 11.1. The van der Waals surface area contributed by atoms with E-state index in [1.54, 1.807) is 0 Å². The maximum Gasteiger partial charge on any atom is 0.0677 e. The highest BCUT2D eigenvalue weighted by atomic mass is 79.9. The lowest BCUT2D eigenvalue weighted by molar-refractivity contribution is 1.29. The maximum atomic E-state index is 3.90. The molecule has 0 atom stereocenters. The normalized spacial score (nSPS) is 11.2. The highest BCUT2D eigenvalue weighted by molar-refractivity contribution is 9.11. The van der Waals surface area contributed by atoms with Crippen LogP contribution in [-0.2, 0) is 0 Å². The SMILES string of the molecule is C=Cn1c2ccccc2c2cc(Br)cc(Br)c21. The van der Waals surface area contributed by atoms with Gasteiger partial charge in [-0.15, -0.1) is 0 Å². The van der Waals surface area contributed by atoms with Gasteiger partial charge in [0.05, 0.1) is 11.0 Å². The fourth-order valence-electron chi connectivity index (χ4n) is 2.24. The molecule has 17 heavy (non-hydrogen) atoms. The van der Waals surface area contributed by atoms with Gasteiger partial charge in [-0.05, 0) is 34.1 Å². The van der Waals surface area contributed by atoms with Crippen molar-refractivity contribution in [3.05, 3.63) is 51.9 Å². The second kappa shape index (κ2) is 4.00. The third-order valence-electron chi connectivity index (χ3n) is 2.91. The molecule has 3 rings (SSSR count). The van der Waals surface area contributed by atoms with Crippen molar-refractivity contribution in [2.45, 2.75) is 0 Å². The highest BCUT2D eigenvalue weighted by Crippen LogP contribution is 2.36. The fraction of sp³-hybridized carbons (Fsp3) is 0. The molecule has 0 radical (unpaired) electrons. The molecule has 0 aliphatic carbocycles. The zero-order valence-corrected chi connectivity index (χ0v) is 12.1. The molecule has 0 fully saturated rings. The molecule has 0 amide bonds. The standard InChI is InChI=1S/C14H9Br2N/c1-2-17-13-6-4-3-5-10(13)11-7-9(15)8-12(16)14(11)17/h2-8H,1H2. The van der Waals surface area contributed by atoms with Crippen LogP contribution < -0.4 is 0 Å². The number of nitrogens with zero attached hydrogens (tertiary/aromatic N) is 1. The van der Waals surface area contributed by atoms with Crippen molar-refractivity contribution in [3.63, 3.8) is 0 Å². The van der Waals surface area contributed by atoms with Gasteiger partial charge >= 0.3 is 0 Å². The summed E-state index contributed by atoms with van der Waals surface area (Å²) in [6.07, 6.45) is 1.85. The number of benzene rings is 2. The molecule has 1 nitrogen and oxygen atoms in total. The predicted octanol–water partition coefficient (Wildman–Crippen LogP) is 5.42. The minimum absolute atomic E-state index is 1.07. The third kappa shape index (κ3) is 1.57. The molecule has 0 N–H and O–H groups in total. The Bertz CT molecular complexity index is 741. The number of aromatic nitrogens is 1. The largest absolute Gasteiger partial charge is 0.315 e. The molecule has 1 aromatic heterocycles. The third-order valence-corrected chi connectivity index (χ3v) is 3.97. The topological polar surface area (TPSA) is 4.93 Å². The van der Waals surface area contributed by atoms with E-state index in [-0.39, 0.29) is 0 Å². The zero-order valence-electron chi connectivity index (χ0n) is 8.95. The second-order valence-corrected chi connectivity index (χ2v) is 5.62. The minimum atomic E-state index is 1.07. The lowest BCUT2D eigenvalue weighted by Crippen LogP contribution is -1.85. The van der Waals surface area contributed by atoms with Crippen LogP contribution in [0.25, 0.3) is 28.0 Å². The molecule has 0 saturated heterocycles. The van der Waals surface area contributed by atoms with E-state index in [1.165, 1.54) is 16.3 Å². The summed E-state index contributed by atoms with van der Waals surface area (Å²) in [5.74, 6) is 0. The maximum absolute atomic E-state index is 3.90. The van der Waals surface area contributed by atoms with E-state index in [4.69, 9.17) is 0 Å². The van der Waals surface area contributed by atoms with Crippen molar-refractivity contribution < 1.29 is 0 Å². The number of rotatable bonds is 1. The lowest BCUT2D eigenvalue weighted by Gasteiger charge is -2.01. The Morgan fingerprint density at radius 3 is 2.59 bits per heavy atom. The summed E-state index contributed by atoms with van der Waals surface area (Å²) in [6, 6.07) is 12.5. The van der Waals surface area contributed by atoms with Crippen LogP contribution in [0.2, 0.25) is 0 Å². The Balaban J connectivity index is 2.68. The molecule has 3 aromatic rings. The molecular formula is C14H9Br2N. The van der Waals surface area contributed by atoms with E-state index in [9.17, 15) is 0 Å². The summed E-state index contributed by atoms with van der Waals surface area (Å²) in [5, 5.41) is 2.46. The van der Waals surface area contributed by atoms with E-state index in [1.807, 2.05) is 12.3 Å². The van der Waals surface area contributed by atoms with Gasteiger partial charge in [-0.25, -0.2) is 0 Å². The zero-order chi connectivity index (χ0) is 12.0. The Hall–Kier alpha value is -1.06. The molecule has 0 unspecified atom stereocenters. The van der Waals surface area contributed by atoms with E-state index in [0.29, 0.717) is 0 Å². The Morgan fingerprint density at radius 1 is 1.06 bits per heavy atom. The Labute approximate surface area is 116 Å². The first-order valence-corrected chi connectivity index (χ1v) is 6.81. The number of halogens is 2. The van der Waals surface area contributed by atoms with Crippen LogP contribution in [0.1, 0.15) is 0 Å². The number of hydrogen-bond acceptors (Lipinski definition) is 0. The van der Waals surface area contributed by atoms with Crippen molar-refractivity contribution in [2.24, 2.45) is 0 Å². The average molecular weight is 351 g/mol. The molecule has 0 spiro atoms. The summed E-state index contributed by atoms with van der Waals surface area (Å²) >= 11 is 7.15. The average Bonchev–Trinajstić information content (AvgIpc) is 2.63. The quantitative estimate of drug-likeness (QED) is 0.552. The summed E-state index contributed by atoms with van der Waals surface area (Å²) in [7, 11) is 0. The van der Waals surface area contributed by atoms with Gasteiger partial charge in [0.2, 0.25) is 0 Å². The molecule has 0 aliphatic rings. The van der Waals surface area contributed by atoms with Crippen molar-refractivity contribution in [1.29, 1.82) is 0 Å². The Morgan fingerprint density at radius 2 is 1.82 bits per heavy atom. The molecule has 1 heterocycles. The van der Waals surface area contributed by atoms with E-state index >= 15 is 0 Å². The monoisotopic (exact) mass is 349 g/mol. The molecule has 3 heteroatoms. The van der Waals surface area contributed by atoms with Gasteiger partial charge in [-0.3, -0.25) is 0 Å². The number of hydrogen-bond donors (Lipinski definition) is 0. The molecule has 0 bridgehead atoms. The summed E-state index contributed by atoms with van der Waals surface area (Å²) in [5.41, 5.74) is 2.33. The van der Waals surface area contributed by atoms with Crippen LogP contribution in [0.3, 0.4) is 0 Å². The van der Waals surface area contributed by atoms with Crippen LogP contribution in [0.5, 0.6) is 0 Å². The van der Waals surface area contributed by atoms with Gasteiger partial charge in [0.1, 0.15) is 0 Å². The molecule has 84 valence electrons. The van der Waals surface area contributed by atoms with Gasteiger partial charge in [0.25, 0.3) is 0 Å². The van der Waals surface area contributed by atoms with Crippen molar-refractivity contribution in [3.8, 4) is 0 Å². The second-order valence-electron chi connectivity index (χ2n) is 3.85. The molecular weight excluding hydrogens is 342 g/mol. The van der Waals surface area contributed by atoms with Crippen LogP contribution in [0, 0.1) is 0 Å². The van der Waals surface area contributed by atoms with E-state index in [0.717, 1.165) is 14.5 Å². The predicted molar refractivity (Wildman–Crippen MR) is 81.2 cm³/mol. The first-order chi connectivity index (χ1) is 8.22. The summed E-state index contributed by atoms with van der Waals surface area (Å²) in [6.45, 7) is 3.90. The lowest BCUT2D eigenvalue weighted by atomic mass is 10.2. The highest BCUT2D eigenvalue weighted by Gasteiger charge is 2.11. The molecule has 0 saturated carbocycles. The van der Waals surface area contributed by atoms with Gasteiger partial charge < -0.3 is 4.57 Å².